The molecule has 1 rings (SSSR count). The molecule has 0 aliphatic heterocycles. The molecule has 1 aromatic heterocycles. The molecular weight excluding hydrogens is 168 g/mol. The third kappa shape index (κ3) is 2.06. The van der Waals surface area contributed by atoms with E-state index < -0.39 is 0 Å². The van der Waals surface area contributed by atoms with Crippen LogP contribution in [0.2, 0.25) is 0 Å². The van der Waals surface area contributed by atoms with Gasteiger partial charge in [-0.2, -0.15) is 5.10 Å². The number of nitrogens with one attached hydrogen (secondary N) is 1. The highest BCUT2D eigenvalue weighted by molar-refractivity contribution is 5.78. The first-order valence-corrected chi connectivity index (χ1v) is 4.16. The van der Waals surface area contributed by atoms with Crippen molar-refractivity contribution in [1.82, 2.24) is 15.2 Å². The Bertz CT molecular complexity index is 270. The molecule has 0 fully saturated rings. The molecule has 0 aromatic carbocycles. The number of nitrogens with two attached hydrogens (primary N) is 1. The van der Waals surface area contributed by atoms with E-state index in [4.69, 9.17) is 5.84 Å². The lowest BCUT2D eigenvalue weighted by atomic mass is 10.0. The molecule has 3 N–H and O–H groups in total. The van der Waals surface area contributed by atoms with Crippen LogP contribution in [0.5, 0.6) is 0 Å². The highest BCUT2D eigenvalue weighted by Gasteiger charge is 2.20. The summed E-state index contributed by atoms with van der Waals surface area (Å²) in [7, 11) is 0. The van der Waals surface area contributed by atoms with E-state index in [1.165, 1.54) is 0 Å². The lowest BCUT2D eigenvalue weighted by molar-refractivity contribution is -0.125. The molecule has 13 heavy (non-hydrogen) atoms. The number of hydrogen-bond acceptors (Lipinski definition) is 3. The Morgan fingerprint density at radius 1 is 1.62 bits per heavy atom. The molecule has 0 aliphatic rings. The van der Waals surface area contributed by atoms with E-state index in [2.05, 4.69) is 10.5 Å². The van der Waals surface area contributed by atoms with E-state index in [0.29, 0.717) is 0 Å². The van der Waals surface area contributed by atoms with Crippen LogP contribution in [0.15, 0.2) is 18.5 Å². The van der Waals surface area contributed by atoms with Crippen molar-refractivity contribution in [2.45, 2.75) is 19.9 Å². The standard InChI is InChI=1S/C8H14N4O/c1-6(8(13)11-9)7(2)12-5-3-4-10-12/h3-7H,9H2,1-2H3,(H,11,13). The Morgan fingerprint density at radius 3 is 2.77 bits per heavy atom. The van der Waals surface area contributed by atoms with E-state index in [0.717, 1.165) is 0 Å². The van der Waals surface area contributed by atoms with Gasteiger partial charge in [0, 0.05) is 12.4 Å². The highest BCUT2D eigenvalue weighted by atomic mass is 16.2. The average molecular weight is 182 g/mol. The second kappa shape index (κ2) is 4.04. The summed E-state index contributed by atoms with van der Waals surface area (Å²) in [6, 6.07) is 1.84. The fraction of sp³-hybridized carbons (Fsp3) is 0.500. The normalized spacial score (nSPS) is 15.0. The van der Waals surface area contributed by atoms with Gasteiger partial charge in [-0.05, 0) is 13.0 Å². The summed E-state index contributed by atoms with van der Waals surface area (Å²) in [6.07, 6.45) is 3.51. The molecular formula is C8H14N4O. The molecule has 1 heterocycles. The predicted molar refractivity (Wildman–Crippen MR) is 48.4 cm³/mol. The minimum atomic E-state index is -0.190. The number of rotatable bonds is 3. The zero-order valence-electron chi connectivity index (χ0n) is 7.77. The SMILES string of the molecule is CC(C(=O)NN)C(C)n1cccn1. The van der Waals surface area contributed by atoms with Crippen molar-refractivity contribution >= 4 is 5.91 Å². The summed E-state index contributed by atoms with van der Waals surface area (Å²) in [5, 5.41) is 4.05. The van der Waals surface area contributed by atoms with Crippen LogP contribution in [0.4, 0.5) is 0 Å². The number of hydrazine groups is 1. The van der Waals surface area contributed by atoms with Gasteiger partial charge in [-0.15, -0.1) is 0 Å². The summed E-state index contributed by atoms with van der Waals surface area (Å²) in [5.74, 6) is 4.67. The van der Waals surface area contributed by atoms with Gasteiger partial charge >= 0.3 is 0 Å². The van der Waals surface area contributed by atoms with Crippen molar-refractivity contribution in [3.8, 4) is 0 Å². The van der Waals surface area contributed by atoms with Gasteiger partial charge in [0.25, 0.3) is 0 Å². The molecule has 5 nitrogen and oxygen atoms in total. The fourth-order valence-electron chi connectivity index (χ4n) is 1.10. The number of amides is 1. The lowest BCUT2D eigenvalue weighted by Gasteiger charge is -2.18. The van der Waals surface area contributed by atoms with Crippen molar-refractivity contribution in [2.24, 2.45) is 11.8 Å². The number of aromatic nitrogens is 2. The second-order valence-corrected chi connectivity index (χ2v) is 3.02. The first kappa shape index (κ1) is 9.73. The molecule has 0 aliphatic carbocycles. The van der Waals surface area contributed by atoms with Crippen molar-refractivity contribution in [2.75, 3.05) is 0 Å². The van der Waals surface area contributed by atoms with E-state index in [9.17, 15) is 4.79 Å². The van der Waals surface area contributed by atoms with Crippen LogP contribution < -0.4 is 11.3 Å². The van der Waals surface area contributed by atoms with Crippen LogP contribution in [0.1, 0.15) is 19.9 Å². The largest absolute Gasteiger partial charge is 0.294 e. The van der Waals surface area contributed by atoms with Crippen LogP contribution in [0, 0.1) is 5.92 Å². The maximum Gasteiger partial charge on any atom is 0.238 e. The smallest absolute Gasteiger partial charge is 0.238 e. The van der Waals surface area contributed by atoms with Crippen molar-refractivity contribution < 1.29 is 4.79 Å². The minimum absolute atomic E-state index is 0.0125. The van der Waals surface area contributed by atoms with Crippen LogP contribution in [0.3, 0.4) is 0 Å². The summed E-state index contributed by atoms with van der Waals surface area (Å²) in [4.78, 5) is 11.2. The zero-order chi connectivity index (χ0) is 9.84. The molecule has 5 heteroatoms. The van der Waals surface area contributed by atoms with Gasteiger partial charge in [-0.3, -0.25) is 14.9 Å². The Morgan fingerprint density at radius 2 is 2.31 bits per heavy atom. The maximum absolute atomic E-state index is 11.2. The third-order valence-corrected chi connectivity index (χ3v) is 2.22. The third-order valence-electron chi connectivity index (χ3n) is 2.22. The Kier molecular flexibility index (Phi) is 3.02. The molecule has 2 unspecified atom stereocenters. The Hall–Kier alpha value is -1.36. The van der Waals surface area contributed by atoms with Gasteiger partial charge in [0.05, 0.1) is 12.0 Å². The van der Waals surface area contributed by atoms with E-state index in [1.807, 2.05) is 26.1 Å². The zero-order valence-corrected chi connectivity index (χ0v) is 7.77. The molecule has 0 spiro atoms. The summed E-state index contributed by atoms with van der Waals surface area (Å²) < 4.78 is 1.74. The fourth-order valence-corrected chi connectivity index (χ4v) is 1.10. The van der Waals surface area contributed by atoms with Gasteiger partial charge in [-0.25, -0.2) is 5.84 Å². The quantitative estimate of drug-likeness (QED) is 0.394. The van der Waals surface area contributed by atoms with E-state index >= 15 is 0 Å². The van der Waals surface area contributed by atoms with Crippen LogP contribution in [0.25, 0.3) is 0 Å². The Balaban J connectivity index is 2.68. The number of nitrogens with zero attached hydrogens (tertiary/aromatic N) is 2. The topological polar surface area (TPSA) is 72.9 Å². The van der Waals surface area contributed by atoms with Crippen LogP contribution in [-0.2, 0) is 4.79 Å². The number of carbonyl (C=O) groups is 1. The summed E-state index contributed by atoms with van der Waals surface area (Å²) in [6.45, 7) is 3.74. The molecule has 0 saturated heterocycles. The van der Waals surface area contributed by atoms with Crippen LogP contribution >= 0.6 is 0 Å². The van der Waals surface area contributed by atoms with Gasteiger partial charge in [0.15, 0.2) is 0 Å². The minimum Gasteiger partial charge on any atom is -0.294 e. The summed E-state index contributed by atoms with van der Waals surface area (Å²) in [5.41, 5.74) is 2.13. The molecule has 1 aromatic rings. The lowest BCUT2D eigenvalue weighted by Crippen LogP contribution is -2.37. The van der Waals surface area contributed by atoms with Gasteiger partial charge in [0.1, 0.15) is 0 Å². The van der Waals surface area contributed by atoms with E-state index in [1.54, 1.807) is 10.9 Å². The molecule has 1 amide bonds. The van der Waals surface area contributed by atoms with Crippen molar-refractivity contribution in [3.05, 3.63) is 18.5 Å². The van der Waals surface area contributed by atoms with Gasteiger partial charge in [-0.1, -0.05) is 6.92 Å². The Labute approximate surface area is 76.9 Å². The van der Waals surface area contributed by atoms with E-state index in [-0.39, 0.29) is 17.9 Å². The molecule has 2 atom stereocenters. The average Bonchev–Trinajstić information content (AvgIpc) is 2.67. The van der Waals surface area contributed by atoms with Crippen molar-refractivity contribution in [3.63, 3.8) is 0 Å². The summed E-state index contributed by atoms with van der Waals surface area (Å²) >= 11 is 0. The van der Waals surface area contributed by atoms with Crippen LogP contribution in [-0.4, -0.2) is 15.7 Å². The first-order chi connectivity index (χ1) is 6.16. The molecule has 0 saturated carbocycles. The predicted octanol–water partition coefficient (Wildman–Crippen LogP) is 0.0701. The van der Waals surface area contributed by atoms with Gasteiger partial charge in [0.2, 0.25) is 5.91 Å². The maximum atomic E-state index is 11.2. The highest BCUT2D eigenvalue weighted by Crippen LogP contribution is 2.15. The monoisotopic (exact) mass is 182 g/mol. The molecule has 0 radical (unpaired) electrons. The molecule has 72 valence electrons. The van der Waals surface area contributed by atoms with Crippen molar-refractivity contribution in [1.29, 1.82) is 0 Å². The number of carbonyl (C=O) groups excluding carboxylic acids is 1. The molecule has 0 bridgehead atoms. The first-order valence-electron chi connectivity index (χ1n) is 4.16. The second-order valence-electron chi connectivity index (χ2n) is 3.02. The number of hydrogen-bond donors (Lipinski definition) is 2. The van der Waals surface area contributed by atoms with Gasteiger partial charge < -0.3 is 0 Å².